The van der Waals surface area contributed by atoms with E-state index in [0.29, 0.717) is 0 Å². The van der Waals surface area contributed by atoms with Gasteiger partial charge in [0.2, 0.25) is 0 Å². The van der Waals surface area contributed by atoms with Crippen LogP contribution in [0.2, 0.25) is 0 Å². The third kappa shape index (κ3) is 4.63. The van der Waals surface area contributed by atoms with Gasteiger partial charge in [-0.2, -0.15) is 0 Å². The first-order chi connectivity index (χ1) is 18.6. The van der Waals surface area contributed by atoms with Crippen LogP contribution in [0.15, 0.2) is 107 Å². The third-order valence-corrected chi connectivity index (χ3v) is 7.62. The van der Waals surface area contributed by atoms with E-state index in [4.69, 9.17) is 9.98 Å². The molecule has 0 atom stereocenters. The molecule has 1 N–H and O–H groups in total. The Morgan fingerprint density at radius 2 is 1.08 bits per heavy atom. The van der Waals surface area contributed by atoms with E-state index in [0.717, 1.165) is 56.1 Å². The van der Waals surface area contributed by atoms with E-state index >= 15 is 0 Å². The molecule has 0 saturated heterocycles. The van der Waals surface area contributed by atoms with Crippen molar-refractivity contribution >= 4 is 28.1 Å². The molecule has 0 saturated carbocycles. The van der Waals surface area contributed by atoms with Gasteiger partial charge in [-0.25, -0.2) is 9.98 Å². The first-order valence-corrected chi connectivity index (χ1v) is 13.7. The SMILES string of the molecule is CC(C)(C)c1ccc(C2=N/C(=N/c3[nH]c(-c4ccc(C(C)(C)C)cc4)c4ccccc34)c3ccccc32)cc1. The van der Waals surface area contributed by atoms with Crippen LogP contribution < -0.4 is 0 Å². The smallest absolute Gasteiger partial charge is 0.162 e. The van der Waals surface area contributed by atoms with Gasteiger partial charge in [-0.1, -0.05) is 139 Å². The fourth-order valence-electron chi connectivity index (χ4n) is 5.26. The van der Waals surface area contributed by atoms with Gasteiger partial charge >= 0.3 is 0 Å². The average molecular weight is 510 g/mol. The largest absolute Gasteiger partial charge is 0.339 e. The van der Waals surface area contributed by atoms with Crippen LogP contribution in [0.1, 0.15) is 69.4 Å². The van der Waals surface area contributed by atoms with Crippen LogP contribution in [0.5, 0.6) is 0 Å². The lowest BCUT2D eigenvalue weighted by atomic mass is 9.86. The zero-order valence-corrected chi connectivity index (χ0v) is 23.6. The van der Waals surface area contributed by atoms with Gasteiger partial charge in [0.15, 0.2) is 5.84 Å². The summed E-state index contributed by atoms with van der Waals surface area (Å²) in [6.07, 6.45) is 0. The lowest BCUT2D eigenvalue weighted by molar-refractivity contribution is 0.590. The van der Waals surface area contributed by atoms with E-state index in [2.05, 4.69) is 144 Å². The summed E-state index contributed by atoms with van der Waals surface area (Å²) in [5.41, 5.74) is 9.35. The number of aliphatic imine (C=N–C) groups is 2. The third-order valence-electron chi connectivity index (χ3n) is 7.62. The van der Waals surface area contributed by atoms with E-state index in [1.807, 2.05) is 0 Å². The van der Waals surface area contributed by atoms with Crippen LogP contribution in [0, 0.1) is 0 Å². The van der Waals surface area contributed by atoms with E-state index in [1.165, 1.54) is 11.1 Å². The number of aromatic nitrogens is 1. The molecule has 0 bridgehead atoms. The van der Waals surface area contributed by atoms with Crippen molar-refractivity contribution < 1.29 is 0 Å². The zero-order valence-electron chi connectivity index (χ0n) is 23.6. The fraction of sp³-hybridized carbons (Fsp3) is 0.222. The molecule has 194 valence electrons. The Morgan fingerprint density at radius 3 is 1.67 bits per heavy atom. The molecule has 1 aliphatic heterocycles. The summed E-state index contributed by atoms with van der Waals surface area (Å²) in [6, 6.07) is 34.5. The zero-order chi connectivity index (χ0) is 27.4. The number of amidine groups is 1. The van der Waals surface area contributed by atoms with Crippen molar-refractivity contribution in [2.75, 3.05) is 0 Å². The van der Waals surface area contributed by atoms with Gasteiger partial charge in [0.25, 0.3) is 0 Å². The van der Waals surface area contributed by atoms with Crippen molar-refractivity contribution in [3.8, 4) is 11.3 Å². The Bertz CT molecular complexity index is 1730. The number of fused-ring (bicyclic) bond motifs is 2. The topological polar surface area (TPSA) is 40.5 Å². The minimum Gasteiger partial charge on any atom is -0.339 e. The van der Waals surface area contributed by atoms with Crippen LogP contribution in [-0.4, -0.2) is 16.5 Å². The van der Waals surface area contributed by atoms with Crippen LogP contribution in [-0.2, 0) is 10.8 Å². The van der Waals surface area contributed by atoms with Crippen molar-refractivity contribution in [1.82, 2.24) is 4.98 Å². The molecule has 3 heteroatoms. The van der Waals surface area contributed by atoms with Crippen LogP contribution in [0.4, 0.5) is 5.82 Å². The maximum Gasteiger partial charge on any atom is 0.162 e. The predicted octanol–water partition coefficient (Wildman–Crippen LogP) is 9.36. The van der Waals surface area contributed by atoms with Gasteiger partial charge in [-0.15, -0.1) is 0 Å². The second-order valence-corrected chi connectivity index (χ2v) is 12.5. The molecular formula is C36H35N3. The van der Waals surface area contributed by atoms with Gasteiger partial charge < -0.3 is 4.98 Å². The second-order valence-electron chi connectivity index (χ2n) is 12.5. The first-order valence-electron chi connectivity index (χ1n) is 13.7. The van der Waals surface area contributed by atoms with Gasteiger partial charge in [-0.05, 0) is 27.5 Å². The molecule has 1 aromatic heterocycles. The monoisotopic (exact) mass is 509 g/mol. The number of nitrogens with one attached hydrogen (secondary N) is 1. The van der Waals surface area contributed by atoms with E-state index in [9.17, 15) is 0 Å². The maximum atomic E-state index is 5.14. The minimum atomic E-state index is 0.111. The number of H-pyrrole nitrogens is 1. The summed E-state index contributed by atoms with van der Waals surface area (Å²) >= 11 is 0. The Balaban J connectivity index is 1.45. The second kappa shape index (κ2) is 9.20. The molecule has 1 aliphatic rings. The lowest BCUT2D eigenvalue weighted by Crippen LogP contribution is -2.11. The van der Waals surface area contributed by atoms with Crippen LogP contribution >= 0.6 is 0 Å². The summed E-state index contributed by atoms with van der Waals surface area (Å²) in [7, 11) is 0. The van der Waals surface area contributed by atoms with Crippen LogP contribution in [0.25, 0.3) is 22.0 Å². The molecule has 2 heterocycles. The van der Waals surface area contributed by atoms with Crippen molar-refractivity contribution in [3.63, 3.8) is 0 Å². The average Bonchev–Trinajstić information content (AvgIpc) is 3.47. The normalized spacial score (nSPS) is 14.6. The Labute approximate surface area is 231 Å². The highest BCUT2D eigenvalue weighted by atomic mass is 15.0. The van der Waals surface area contributed by atoms with Crippen molar-refractivity contribution in [3.05, 3.63) is 125 Å². The molecule has 0 radical (unpaired) electrons. The molecule has 0 fully saturated rings. The molecule has 3 nitrogen and oxygen atoms in total. The first kappa shape index (κ1) is 25.1. The van der Waals surface area contributed by atoms with Gasteiger partial charge in [0, 0.05) is 27.5 Å². The quantitative estimate of drug-likeness (QED) is 0.252. The molecule has 0 amide bonds. The Kier molecular flexibility index (Phi) is 5.91. The summed E-state index contributed by atoms with van der Waals surface area (Å²) in [5.74, 6) is 1.57. The summed E-state index contributed by atoms with van der Waals surface area (Å²) in [5, 5.41) is 2.25. The predicted molar refractivity (Wildman–Crippen MR) is 166 cm³/mol. The number of hydrogen-bond acceptors (Lipinski definition) is 1. The van der Waals surface area contributed by atoms with Crippen molar-refractivity contribution in [2.45, 2.75) is 52.4 Å². The van der Waals surface area contributed by atoms with Crippen molar-refractivity contribution in [1.29, 1.82) is 0 Å². The highest BCUT2D eigenvalue weighted by molar-refractivity contribution is 6.29. The highest BCUT2D eigenvalue weighted by Gasteiger charge is 2.24. The van der Waals surface area contributed by atoms with Gasteiger partial charge in [0.05, 0.1) is 11.4 Å². The molecule has 4 aromatic carbocycles. The van der Waals surface area contributed by atoms with E-state index in [-0.39, 0.29) is 10.8 Å². The molecule has 0 spiro atoms. The van der Waals surface area contributed by atoms with Crippen LogP contribution in [0.3, 0.4) is 0 Å². The summed E-state index contributed by atoms with van der Waals surface area (Å²) < 4.78 is 0. The molecule has 5 aromatic rings. The minimum absolute atomic E-state index is 0.111. The number of nitrogens with zero attached hydrogens (tertiary/aromatic N) is 2. The highest BCUT2D eigenvalue weighted by Crippen LogP contribution is 2.37. The lowest BCUT2D eigenvalue weighted by Gasteiger charge is -2.19. The number of rotatable bonds is 3. The van der Waals surface area contributed by atoms with Gasteiger partial charge in [-0.3, -0.25) is 0 Å². The standard InChI is InChI=1S/C36H35N3/c1-35(2,3)25-19-15-23(16-20-25)31-27-11-7-9-13-29(27)33(37-31)39-34-30-14-10-8-12-28(30)32(38-34)24-17-21-26(22-18-24)36(4,5)6/h7-22,37H,1-6H3/b39-34+. The number of aromatic amines is 1. The van der Waals surface area contributed by atoms with E-state index < -0.39 is 0 Å². The Hall–Kier alpha value is -4.24. The van der Waals surface area contributed by atoms with E-state index in [1.54, 1.807) is 0 Å². The molecule has 39 heavy (non-hydrogen) atoms. The number of benzene rings is 4. The number of hydrogen-bond donors (Lipinski definition) is 1. The molecule has 0 unspecified atom stereocenters. The molecule has 0 aliphatic carbocycles. The van der Waals surface area contributed by atoms with Crippen molar-refractivity contribution in [2.24, 2.45) is 9.98 Å². The summed E-state index contributed by atoms with van der Waals surface area (Å²) in [6.45, 7) is 13.4. The fourth-order valence-corrected chi connectivity index (χ4v) is 5.26. The molecule has 6 rings (SSSR count). The summed E-state index contributed by atoms with van der Waals surface area (Å²) in [4.78, 5) is 13.9. The van der Waals surface area contributed by atoms with Gasteiger partial charge in [0.1, 0.15) is 5.82 Å². The molecular weight excluding hydrogens is 474 g/mol. The Morgan fingerprint density at radius 1 is 0.564 bits per heavy atom. The maximum absolute atomic E-state index is 5.14.